The van der Waals surface area contributed by atoms with Gasteiger partial charge in [-0.25, -0.2) is 0 Å². The van der Waals surface area contributed by atoms with Gasteiger partial charge >= 0.3 is 18.1 Å². The van der Waals surface area contributed by atoms with Crippen LogP contribution in [0.15, 0.2) is 24.3 Å². The number of halogens is 3. The molecule has 0 unspecified atom stereocenters. The van der Waals surface area contributed by atoms with Gasteiger partial charge < -0.3 is 9.47 Å². The second kappa shape index (κ2) is 13.2. The third-order valence-corrected chi connectivity index (χ3v) is 4.26. The first-order chi connectivity index (χ1) is 13.3. The molecule has 7 heteroatoms. The maximum Gasteiger partial charge on any atom is 0.416 e. The van der Waals surface area contributed by atoms with Gasteiger partial charge in [0.05, 0.1) is 25.0 Å². The topological polar surface area (TPSA) is 52.6 Å². The fourth-order valence-corrected chi connectivity index (χ4v) is 2.67. The van der Waals surface area contributed by atoms with E-state index < -0.39 is 30.3 Å². The lowest BCUT2D eigenvalue weighted by atomic mass is 10.1. The molecule has 1 aromatic carbocycles. The number of unbranched alkanes of at least 4 members (excludes halogenated alkanes) is 6. The molecule has 0 N–H and O–H groups in total. The highest BCUT2D eigenvalue weighted by molar-refractivity contribution is 5.77. The Hall–Kier alpha value is -2.05. The number of alkyl halides is 3. The van der Waals surface area contributed by atoms with Gasteiger partial charge in [-0.15, -0.1) is 0 Å². The highest BCUT2D eigenvalue weighted by Crippen LogP contribution is 2.32. The van der Waals surface area contributed by atoms with Crippen molar-refractivity contribution in [2.45, 2.75) is 77.5 Å². The molecule has 0 aromatic heterocycles. The molecule has 0 aliphatic heterocycles. The van der Waals surface area contributed by atoms with Crippen molar-refractivity contribution in [1.29, 1.82) is 0 Å². The van der Waals surface area contributed by atoms with Crippen LogP contribution in [-0.2, 0) is 31.8 Å². The molecular formula is C21H29F3O4. The van der Waals surface area contributed by atoms with Crippen molar-refractivity contribution in [3.05, 3.63) is 35.4 Å². The molecule has 0 atom stereocenters. The quantitative estimate of drug-likeness (QED) is 0.308. The van der Waals surface area contributed by atoms with Gasteiger partial charge in [-0.1, -0.05) is 63.6 Å². The zero-order valence-corrected chi connectivity index (χ0v) is 16.4. The van der Waals surface area contributed by atoms with E-state index in [1.807, 2.05) is 0 Å². The number of esters is 2. The Morgan fingerprint density at radius 1 is 0.857 bits per heavy atom. The molecule has 0 bridgehead atoms. The van der Waals surface area contributed by atoms with Gasteiger partial charge in [-0.3, -0.25) is 9.59 Å². The van der Waals surface area contributed by atoms with Crippen LogP contribution in [0, 0.1) is 0 Å². The van der Waals surface area contributed by atoms with Crippen molar-refractivity contribution in [3.63, 3.8) is 0 Å². The third-order valence-electron chi connectivity index (χ3n) is 4.26. The van der Waals surface area contributed by atoms with E-state index in [4.69, 9.17) is 9.47 Å². The normalized spacial score (nSPS) is 11.3. The van der Waals surface area contributed by atoms with Gasteiger partial charge in [0.15, 0.2) is 0 Å². The molecule has 0 aliphatic carbocycles. The fraction of sp³-hybridized carbons (Fsp3) is 0.619. The summed E-state index contributed by atoms with van der Waals surface area (Å²) in [6.07, 6.45) is 2.89. The van der Waals surface area contributed by atoms with Crippen LogP contribution in [0.25, 0.3) is 0 Å². The van der Waals surface area contributed by atoms with Crippen LogP contribution in [0.2, 0.25) is 0 Å². The van der Waals surface area contributed by atoms with Crippen LogP contribution in [0.1, 0.15) is 75.8 Å². The van der Waals surface area contributed by atoms with Crippen LogP contribution in [0.3, 0.4) is 0 Å². The Kier molecular flexibility index (Phi) is 11.3. The van der Waals surface area contributed by atoms with Crippen molar-refractivity contribution in [1.82, 2.24) is 0 Å². The van der Waals surface area contributed by atoms with Crippen LogP contribution in [0.4, 0.5) is 13.2 Å². The zero-order chi connectivity index (χ0) is 20.8. The Morgan fingerprint density at radius 3 is 2.07 bits per heavy atom. The highest BCUT2D eigenvalue weighted by atomic mass is 19.4. The van der Waals surface area contributed by atoms with Crippen LogP contribution in [0.5, 0.6) is 0 Å². The summed E-state index contributed by atoms with van der Waals surface area (Å²) in [5.74, 6) is -1.23. The standard InChI is InChI=1S/C21H29F3O4/c1-2-3-4-5-6-7-10-15-27-19(25)13-14-20(26)28-16-17-11-8-9-12-18(17)21(22,23)24/h8-9,11-12H,2-7,10,13-16H2,1H3. The molecule has 1 aromatic rings. The van der Waals surface area contributed by atoms with E-state index in [0.717, 1.165) is 25.3 Å². The molecule has 158 valence electrons. The van der Waals surface area contributed by atoms with Gasteiger partial charge in [0.1, 0.15) is 6.61 Å². The molecule has 0 fully saturated rings. The molecule has 1 rings (SSSR count). The van der Waals surface area contributed by atoms with Crippen LogP contribution < -0.4 is 0 Å². The number of rotatable bonds is 13. The molecule has 0 amide bonds. The summed E-state index contributed by atoms with van der Waals surface area (Å²) in [6.45, 7) is 2.00. The van der Waals surface area contributed by atoms with E-state index in [0.29, 0.717) is 6.61 Å². The van der Waals surface area contributed by atoms with Crippen molar-refractivity contribution >= 4 is 11.9 Å². The number of carbonyl (C=O) groups excluding carboxylic acids is 2. The van der Waals surface area contributed by atoms with Gasteiger partial charge in [0.2, 0.25) is 0 Å². The number of hydrogen-bond donors (Lipinski definition) is 0. The maximum atomic E-state index is 12.9. The average Bonchev–Trinajstić information content (AvgIpc) is 2.66. The van der Waals surface area contributed by atoms with E-state index in [1.165, 1.54) is 43.9 Å². The SMILES string of the molecule is CCCCCCCCCOC(=O)CCC(=O)OCc1ccccc1C(F)(F)F. The van der Waals surface area contributed by atoms with Crippen LogP contribution >= 0.6 is 0 Å². The Labute approximate surface area is 164 Å². The van der Waals surface area contributed by atoms with Gasteiger partial charge in [0.25, 0.3) is 0 Å². The minimum Gasteiger partial charge on any atom is -0.466 e. The molecular weight excluding hydrogens is 373 g/mol. The van der Waals surface area contributed by atoms with E-state index in [9.17, 15) is 22.8 Å². The minimum atomic E-state index is -4.51. The number of ether oxygens (including phenoxy) is 2. The molecule has 0 radical (unpaired) electrons. The summed E-state index contributed by atoms with van der Waals surface area (Å²) in [6, 6.07) is 4.91. The predicted octanol–water partition coefficient (Wildman–Crippen LogP) is 5.82. The van der Waals surface area contributed by atoms with Crippen molar-refractivity contribution < 1.29 is 32.2 Å². The number of benzene rings is 1. The van der Waals surface area contributed by atoms with E-state index in [-0.39, 0.29) is 18.4 Å². The van der Waals surface area contributed by atoms with Crippen LogP contribution in [-0.4, -0.2) is 18.5 Å². The number of carbonyl (C=O) groups is 2. The highest BCUT2D eigenvalue weighted by Gasteiger charge is 2.33. The molecule has 0 saturated carbocycles. The molecule has 0 saturated heterocycles. The summed E-state index contributed by atoms with van der Waals surface area (Å²) in [4.78, 5) is 23.3. The van der Waals surface area contributed by atoms with Gasteiger partial charge in [0, 0.05) is 5.56 Å². The summed E-state index contributed by atoms with van der Waals surface area (Å²) < 4.78 is 48.5. The van der Waals surface area contributed by atoms with Crippen molar-refractivity contribution in [3.8, 4) is 0 Å². The molecule has 0 aliphatic rings. The number of hydrogen-bond acceptors (Lipinski definition) is 4. The van der Waals surface area contributed by atoms with Crippen molar-refractivity contribution in [2.75, 3.05) is 6.61 Å². The first-order valence-corrected chi connectivity index (χ1v) is 9.81. The Morgan fingerprint density at radius 2 is 1.43 bits per heavy atom. The fourth-order valence-electron chi connectivity index (χ4n) is 2.67. The Balaban J connectivity index is 2.17. The van der Waals surface area contributed by atoms with Gasteiger partial charge in [-0.05, 0) is 12.5 Å². The van der Waals surface area contributed by atoms with E-state index in [2.05, 4.69) is 6.92 Å². The second-order valence-corrected chi connectivity index (χ2v) is 6.66. The summed E-state index contributed by atoms with van der Waals surface area (Å²) >= 11 is 0. The maximum absolute atomic E-state index is 12.9. The second-order valence-electron chi connectivity index (χ2n) is 6.66. The monoisotopic (exact) mass is 402 g/mol. The minimum absolute atomic E-state index is 0.120. The van der Waals surface area contributed by atoms with E-state index >= 15 is 0 Å². The third kappa shape index (κ3) is 10.3. The zero-order valence-electron chi connectivity index (χ0n) is 16.4. The van der Waals surface area contributed by atoms with Crippen molar-refractivity contribution in [2.24, 2.45) is 0 Å². The lowest BCUT2D eigenvalue weighted by molar-refractivity contribution is -0.152. The summed E-state index contributed by atoms with van der Waals surface area (Å²) in [5.41, 5.74) is -0.957. The molecule has 4 nitrogen and oxygen atoms in total. The first kappa shape index (κ1) is 24.0. The predicted molar refractivity (Wildman–Crippen MR) is 99.4 cm³/mol. The lowest BCUT2D eigenvalue weighted by Crippen LogP contribution is -2.13. The largest absolute Gasteiger partial charge is 0.466 e. The lowest BCUT2D eigenvalue weighted by Gasteiger charge is -2.12. The first-order valence-electron chi connectivity index (χ1n) is 9.81. The molecule has 0 spiro atoms. The smallest absolute Gasteiger partial charge is 0.416 e. The van der Waals surface area contributed by atoms with E-state index in [1.54, 1.807) is 0 Å². The Bertz CT molecular complexity index is 600. The summed E-state index contributed by atoms with van der Waals surface area (Å²) in [5, 5.41) is 0. The summed E-state index contributed by atoms with van der Waals surface area (Å²) in [7, 11) is 0. The van der Waals surface area contributed by atoms with Gasteiger partial charge in [-0.2, -0.15) is 13.2 Å². The molecule has 28 heavy (non-hydrogen) atoms. The molecule has 0 heterocycles. The average molecular weight is 402 g/mol.